The van der Waals surface area contributed by atoms with Crippen LogP contribution in [0.3, 0.4) is 0 Å². The van der Waals surface area contributed by atoms with Crippen LogP contribution in [0.2, 0.25) is 0 Å². The number of rotatable bonds is 12. The van der Waals surface area contributed by atoms with E-state index < -0.39 is 0 Å². The summed E-state index contributed by atoms with van der Waals surface area (Å²) in [5.74, 6) is 1.42. The Hall–Kier alpha value is 0.270. The summed E-state index contributed by atoms with van der Waals surface area (Å²) in [6.45, 7) is 4.33. The maximum absolute atomic E-state index is 6.15. The fourth-order valence-electron chi connectivity index (χ4n) is 4.19. The molecule has 2 nitrogen and oxygen atoms in total. The topological polar surface area (TPSA) is 18.5 Å². The highest BCUT2D eigenvalue weighted by molar-refractivity contribution is 7.96. The molecule has 2 aliphatic heterocycles. The molecule has 4 atom stereocenters. The molecular formula is C21H41O2S+. The van der Waals surface area contributed by atoms with Crippen molar-refractivity contribution in [3.63, 3.8) is 0 Å². The highest BCUT2D eigenvalue weighted by Gasteiger charge is 2.35. The standard InChI is InChI=1S/C21H41O2S/c1-3-4-15-21(20-14-8-9-16-23-20)24(2)18-10-6-5-7-12-19-13-11-17-22-19/h19-21H,3-18H2,1-2H3/q+1. The summed E-state index contributed by atoms with van der Waals surface area (Å²) >= 11 is 0. The van der Waals surface area contributed by atoms with Crippen LogP contribution >= 0.6 is 0 Å². The van der Waals surface area contributed by atoms with Gasteiger partial charge in [0, 0.05) is 13.2 Å². The van der Waals surface area contributed by atoms with Gasteiger partial charge in [-0.05, 0) is 75.1 Å². The van der Waals surface area contributed by atoms with Crippen molar-refractivity contribution in [2.75, 3.05) is 25.2 Å². The molecule has 0 aromatic heterocycles. The third-order valence-electron chi connectivity index (χ3n) is 5.76. The van der Waals surface area contributed by atoms with Crippen LogP contribution in [-0.2, 0) is 20.4 Å². The van der Waals surface area contributed by atoms with E-state index in [9.17, 15) is 0 Å². The monoisotopic (exact) mass is 357 g/mol. The van der Waals surface area contributed by atoms with Crippen LogP contribution in [0.25, 0.3) is 0 Å². The van der Waals surface area contributed by atoms with Crippen LogP contribution in [0.1, 0.15) is 90.4 Å². The molecular weight excluding hydrogens is 316 g/mol. The Morgan fingerprint density at radius 1 is 0.917 bits per heavy atom. The van der Waals surface area contributed by atoms with Crippen LogP contribution in [0.15, 0.2) is 0 Å². The second-order valence-corrected chi connectivity index (χ2v) is 10.2. The second-order valence-electron chi connectivity index (χ2n) is 7.82. The minimum absolute atomic E-state index is 0.536. The smallest absolute Gasteiger partial charge is 0.143 e. The summed E-state index contributed by atoms with van der Waals surface area (Å²) in [4.78, 5) is 0. The van der Waals surface area contributed by atoms with Gasteiger partial charge in [-0.15, -0.1) is 0 Å². The molecule has 0 radical (unpaired) electrons. The second kappa shape index (κ2) is 12.6. The molecule has 0 N–H and O–H groups in total. The molecule has 2 rings (SSSR count). The molecule has 0 aromatic carbocycles. The maximum atomic E-state index is 6.15. The van der Waals surface area contributed by atoms with E-state index in [1.807, 2.05) is 0 Å². The number of ether oxygens (including phenoxy) is 2. The van der Waals surface area contributed by atoms with E-state index in [-0.39, 0.29) is 0 Å². The fraction of sp³-hybridized carbons (Fsp3) is 1.00. The summed E-state index contributed by atoms with van der Waals surface area (Å²) in [5, 5.41) is 0.831. The molecule has 0 bridgehead atoms. The van der Waals surface area contributed by atoms with Gasteiger partial charge in [0.1, 0.15) is 17.1 Å². The van der Waals surface area contributed by atoms with E-state index in [1.54, 1.807) is 0 Å². The molecule has 2 saturated heterocycles. The maximum Gasteiger partial charge on any atom is 0.143 e. The zero-order chi connectivity index (χ0) is 17.0. The lowest BCUT2D eigenvalue weighted by molar-refractivity contribution is 0.0132. The molecule has 3 heteroatoms. The Bertz CT molecular complexity index is 298. The third kappa shape index (κ3) is 7.66. The van der Waals surface area contributed by atoms with E-state index in [0.29, 0.717) is 23.1 Å². The van der Waals surface area contributed by atoms with Gasteiger partial charge in [0.15, 0.2) is 0 Å². The van der Waals surface area contributed by atoms with Gasteiger partial charge in [-0.2, -0.15) is 0 Å². The van der Waals surface area contributed by atoms with Crippen LogP contribution in [0.5, 0.6) is 0 Å². The van der Waals surface area contributed by atoms with Crippen molar-refractivity contribution in [3.8, 4) is 0 Å². The van der Waals surface area contributed by atoms with Gasteiger partial charge in [-0.3, -0.25) is 0 Å². The molecule has 2 fully saturated rings. The predicted molar refractivity (Wildman–Crippen MR) is 107 cm³/mol. The number of unbranched alkanes of at least 4 members (excludes halogenated alkanes) is 4. The van der Waals surface area contributed by atoms with Gasteiger partial charge < -0.3 is 9.47 Å². The van der Waals surface area contributed by atoms with Gasteiger partial charge in [-0.25, -0.2) is 0 Å². The van der Waals surface area contributed by atoms with Gasteiger partial charge in [0.05, 0.1) is 12.4 Å². The highest BCUT2D eigenvalue weighted by Crippen LogP contribution is 2.26. The van der Waals surface area contributed by atoms with Gasteiger partial charge in [-0.1, -0.05) is 26.2 Å². The van der Waals surface area contributed by atoms with Crippen molar-refractivity contribution in [2.24, 2.45) is 0 Å². The van der Waals surface area contributed by atoms with E-state index in [2.05, 4.69) is 13.2 Å². The van der Waals surface area contributed by atoms with Crippen molar-refractivity contribution < 1.29 is 9.47 Å². The highest BCUT2D eigenvalue weighted by atomic mass is 32.2. The van der Waals surface area contributed by atoms with Crippen molar-refractivity contribution >= 4 is 10.9 Å². The first-order chi connectivity index (χ1) is 11.8. The van der Waals surface area contributed by atoms with Gasteiger partial charge in [0.25, 0.3) is 0 Å². The predicted octanol–water partition coefficient (Wildman–Crippen LogP) is 5.49. The average Bonchev–Trinajstić information content (AvgIpc) is 3.12. The van der Waals surface area contributed by atoms with Crippen molar-refractivity contribution in [3.05, 3.63) is 0 Å². The van der Waals surface area contributed by atoms with Gasteiger partial charge in [0.2, 0.25) is 0 Å². The number of hydrogen-bond acceptors (Lipinski definition) is 2. The Morgan fingerprint density at radius 2 is 1.75 bits per heavy atom. The van der Waals surface area contributed by atoms with Crippen molar-refractivity contribution in [1.82, 2.24) is 0 Å². The Labute approximate surface area is 153 Å². The summed E-state index contributed by atoms with van der Waals surface area (Å²) in [5.41, 5.74) is 0. The van der Waals surface area contributed by atoms with E-state index in [4.69, 9.17) is 9.47 Å². The lowest BCUT2D eigenvalue weighted by atomic mass is 10.0. The van der Waals surface area contributed by atoms with Crippen LogP contribution < -0.4 is 0 Å². The first-order valence-corrected chi connectivity index (χ1v) is 12.5. The molecule has 2 heterocycles. The molecule has 0 aliphatic carbocycles. The summed E-state index contributed by atoms with van der Waals surface area (Å²) in [7, 11) is 0.536. The van der Waals surface area contributed by atoms with Crippen LogP contribution in [0.4, 0.5) is 0 Å². The Balaban J connectivity index is 1.59. The first-order valence-electron chi connectivity index (χ1n) is 10.7. The quantitative estimate of drug-likeness (QED) is 0.339. The fourth-order valence-corrected chi connectivity index (χ4v) is 6.45. The number of hydrogen-bond donors (Lipinski definition) is 0. The molecule has 142 valence electrons. The zero-order valence-electron chi connectivity index (χ0n) is 16.3. The van der Waals surface area contributed by atoms with E-state index >= 15 is 0 Å². The molecule has 4 unspecified atom stereocenters. The molecule has 0 spiro atoms. The lowest BCUT2D eigenvalue weighted by Gasteiger charge is -2.29. The van der Waals surface area contributed by atoms with E-state index in [1.165, 1.54) is 89.2 Å². The third-order valence-corrected chi connectivity index (χ3v) is 8.26. The van der Waals surface area contributed by atoms with Crippen molar-refractivity contribution in [2.45, 2.75) is 108 Å². The summed E-state index contributed by atoms with van der Waals surface area (Å²) in [6.07, 6.45) is 21.2. The largest absolute Gasteiger partial charge is 0.378 e. The van der Waals surface area contributed by atoms with Gasteiger partial charge >= 0.3 is 0 Å². The SMILES string of the molecule is CCCCC(C1CCCCO1)[S+](C)CCCCCCC1CCCO1. The summed E-state index contributed by atoms with van der Waals surface area (Å²) < 4.78 is 11.9. The first kappa shape index (κ1) is 20.6. The zero-order valence-corrected chi connectivity index (χ0v) is 17.1. The van der Waals surface area contributed by atoms with Crippen molar-refractivity contribution in [1.29, 1.82) is 0 Å². The molecule has 0 amide bonds. The minimum atomic E-state index is 0.536. The van der Waals surface area contributed by atoms with Crippen LogP contribution in [0, 0.1) is 0 Å². The molecule has 0 aromatic rings. The lowest BCUT2D eigenvalue weighted by Crippen LogP contribution is -2.39. The average molecular weight is 358 g/mol. The van der Waals surface area contributed by atoms with E-state index in [0.717, 1.165) is 18.5 Å². The molecule has 2 aliphatic rings. The normalized spacial score (nSPS) is 27.2. The molecule has 24 heavy (non-hydrogen) atoms. The molecule has 0 saturated carbocycles. The Morgan fingerprint density at radius 3 is 2.46 bits per heavy atom. The minimum Gasteiger partial charge on any atom is -0.378 e. The summed E-state index contributed by atoms with van der Waals surface area (Å²) in [6, 6.07) is 0. The Kier molecular flexibility index (Phi) is 10.8. The van der Waals surface area contributed by atoms with Crippen LogP contribution in [-0.4, -0.2) is 42.7 Å².